The molecule has 0 bridgehead atoms. The number of likely N-dealkylation sites (tertiary alicyclic amines) is 1. The van der Waals surface area contributed by atoms with Crippen molar-refractivity contribution in [2.45, 2.75) is 31.7 Å². The molecule has 1 saturated heterocycles. The first-order valence-corrected chi connectivity index (χ1v) is 7.98. The number of carboxylic acids is 1. The molecule has 0 amide bonds. The molecule has 0 radical (unpaired) electrons. The van der Waals surface area contributed by atoms with E-state index in [0.717, 1.165) is 51.3 Å². The third-order valence-electron chi connectivity index (χ3n) is 4.69. The zero-order chi connectivity index (χ0) is 15.6. The Bertz CT molecular complexity index is 561. The van der Waals surface area contributed by atoms with Crippen molar-refractivity contribution in [2.75, 3.05) is 32.8 Å². The van der Waals surface area contributed by atoms with Crippen molar-refractivity contribution in [3.8, 4) is 5.75 Å². The second-order valence-corrected chi connectivity index (χ2v) is 6.62. The van der Waals surface area contributed by atoms with Crippen molar-refractivity contribution in [1.29, 1.82) is 0 Å². The van der Waals surface area contributed by atoms with Gasteiger partial charge in [0.25, 0.3) is 0 Å². The number of carbonyl (C=O) groups is 1. The van der Waals surface area contributed by atoms with Crippen LogP contribution in [0.5, 0.6) is 5.75 Å². The molecule has 2 heterocycles. The van der Waals surface area contributed by atoms with Gasteiger partial charge in [-0.1, -0.05) is 12.1 Å². The second kappa shape index (κ2) is 6.26. The highest BCUT2D eigenvalue weighted by Crippen LogP contribution is 2.26. The molecule has 5 nitrogen and oxygen atoms in total. The number of hydrogen-bond donors (Lipinski definition) is 2. The van der Waals surface area contributed by atoms with Crippen molar-refractivity contribution in [3.05, 3.63) is 29.3 Å². The minimum atomic E-state index is -0.792. The average Bonchev–Trinajstić information content (AvgIpc) is 3.09. The summed E-state index contributed by atoms with van der Waals surface area (Å²) in [5.41, 5.74) is 2.60. The van der Waals surface area contributed by atoms with Crippen LogP contribution in [0.4, 0.5) is 0 Å². The fraction of sp³-hybridized carbons (Fsp3) is 0.588. The van der Waals surface area contributed by atoms with Gasteiger partial charge in [0.1, 0.15) is 5.75 Å². The summed E-state index contributed by atoms with van der Waals surface area (Å²) >= 11 is 0. The normalized spacial score (nSPS) is 24.2. The molecule has 2 aliphatic rings. The Morgan fingerprint density at radius 1 is 1.50 bits per heavy atom. The van der Waals surface area contributed by atoms with E-state index in [4.69, 9.17) is 9.84 Å². The first-order chi connectivity index (χ1) is 10.5. The van der Waals surface area contributed by atoms with Gasteiger partial charge in [0.15, 0.2) is 0 Å². The molecule has 1 atom stereocenters. The molecule has 3 rings (SSSR count). The lowest BCUT2D eigenvalue weighted by atomic mass is 10.0. The minimum absolute atomic E-state index is 0.0369. The highest BCUT2D eigenvalue weighted by molar-refractivity contribution is 5.69. The Morgan fingerprint density at radius 3 is 3.18 bits per heavy atom. The molecular weight excluding hydrogens is 280 g/mol. The molecule has 2 N–H and O–H groups in total. The number of hydrogen-bond acceptors (Lipinski definition) is 4. The largest absolute Gasteiger partial charge is 0.493 e. The van der Waals surface area contributed by atoms with Gasteiger partial charge < -0.3 is 20.1 Å². The Hall–Kier alpha value is -1.59. The van der Waals surface area contributed by atoms with Crippen LogP contribution >= 0.6 is 0 Å². The van der Waals surface area contributed by atoms with Crippen LogP contribution in [0.25, 0.3) is 0 Å². The van der Waals surface area contributed by atoms with E-state index in [0.29, 0.717) is 0 Å². The van der Waals surface area contributed by atoms with Crippen LogP contribution in [0.1, 0.15) is 24.5 Å². The van der Waals surface area contributed by atoms with Crippen molar-refractivity contribution >= 4 is 5.97 Å². The van der Waals surface area contributed by atoms with E-state index in [1.54, 1.807) is 0 Å². The predicted octanol–water partition coefficient (Wildman–Crippen LogP) is 1.30. The molecular formula is C17H24N2O3. The van der Waals surface area contributed by atoms with Gasteiger partial charge in [0.2, 0.25) is 0 Å². The van der Waals surface area contributed by atoms with Crippen LogP contribution < -0.4 is 10.1 Å². The number of rotatable bonds is 6. The maximum absolute atomic E-state index is 10.7. The van der Waals surface area contributed by atoms with Crippen molar-refractivity contribution in [3.63, 3.8) is 0 Å². The van der Waals surface area contributed by atoms with Gasteiger partial charge in [0.05, 0.1) is 13.2 Å². The first kappa shape index (κ1) is 15.3. The van der Waals surface area contributed by atoms with E-state index in [9.17, 15) is 4.79 Å². The molecule has 5 heteroatoms. The third kappa shape index (κ3) is 3.59. The van der Waals surface area contributed by atoms with Gasteiger partial charge in [-0.2, -0.15) is 0 Å². The molecule has 0 aliphatic carbocycles. The van der Waals surface area contributed by atoms with Crippen molar-refractivity contribution < 1.29 is 14.6 Å². The summed E-state index contributed by atoms with van der Waals surface area (Å²) in [6.07, 6.45) is 3.05. The summed E-state index contributed by atoms with van der Waals surface area (Å²) in [7, 11) is 0. The third-order valence-corrected chi connectivity index (χ3v) is 4.69. The molecule has 1 aromatic carbocycles. The minimum Gasteiger partial charge on any atom is -0.493 e. The molecule has 0 aromatic heterocycles. The van der Waals surface area contributed by atoms with Crippen LogP contribution in [0.2, 0.25) is 0 Å². The SMILES string of the molecule is CC1(NCC(=O)O)CCN(CCc2ccc3c(c2)CCO3)C1. The topological polar surface area (TPSA) is 61.8 Å². The molecule has 0 saturated carbocycles. The van der Waals surface area contributed by atoms with E-state index in [2.05, 4.69) is 35.3 Å². The summed E-state index contributed by atoms with van der Waals surface area (Å²) < 4.78 is 5.54. The number of fused-ring (bicyclic) bond motifs is 1. The Balaban J connectivity index is 1.49. The number of ether oxygens (including phenoxy) is 1. The molecule has 1 unspecified atom stereocenters. The van der Waals surface area contributed by atoms with Gasteiger partial charge in [-0.05, 0) is 37.0 Å². The van der Waals surface area contributed by atoms with Gasteiger partial charge in [-0.3, -0.25) is 4.79 Å². The lowest BCUT2D eigenvalue weighted by Gasteiger charge is -2.25. The van der Waals surface area contributed by atoms with Gasteiger partial charge in [0, 0.05) is 31.6 Å². The number of nitrogens with one attached hydrogen (secondary N) is 1. The van der Waals surface area contributed by atoms with Crippen LogP contribution in [0.15, 0.2) is 18.2 Å². The van der Waals surface area contributed by atoms with E-state index in [-0.39, 0.29) is 12.1 Å². The molecule has 1 fully saturated rings. The lowest BCUT2D eigenvalue weighted by molar-refractivity contribution is -0.136. The first-order valence-electron chi connectivity index (χ1n) is 7.98. The average molecular weight is 304 g/mol. The number of benzene rings is 1. The second-order valence-electron chi connectivity index (χ2n) is 6.62. The lowest BCUT2D eigenvalue weighted by Crippen LogP contribution is -2.47. The summed E-state index contributed by atoms with van der Waals surface area (Å²) in [5.74, 6) is 0.246. The van der Waals surface area contributed by atoms with E-state index >= 15 is 0 Å². The maximum Gasteiger partial charge on any atom is 0.317 e. The fourth-order valence-electron chi connectivity index (χ4n) is 3.36. The van der Waals surface area contributed by atoms with Crippen LogP contribution in [0, 0.1) is 0 Å². The van der Waals surface area contributed by atoms with E-state index in [1.165, 1.54) is 11.1 Å². The molecule has 22 heavy (non-hydrogen) atoms. The van der Waals surface area contributed by atoms with Crippen LogP contribution in [-0.4, -0.2) is 54.3 Å². The smallest absolute Gasteiger partial charge is 0.317 e. The molecule has 0 spiro atoms. The highest BCUT2D eigenvalue weighted by Gasteiger charge is 2.33. The zero-order valence-electron chi connectivity index (χ0n) is 13.1. The van der Waals surface area contributed by atoms with Crippen LogP contribution in [0.3, 0.4) is 0 Å². The summed E-state index contributed by atoms with van der Waals surface area (Å²) in [6.45, 7) is 5.91. The highest BCUT2D eigenvalue weighted by atomic mass is 16.5. The number of nitrogens with zero attached hydrogens (tertiary/aromatic N) is 1. The van der Waals surface area contributed by atoms with Crippen LogP contribution in [-0.2, 0) is 17.6 Å². The predicted molar refractivity (Wildman–Crippen MR) is 84.4 cm³/mol. The summed E-state index contributed by atoms with van der Waals surface area (Å²) in [6, 6.07) is 6.50. The summed E-state index contributed by atoms with van der Waals surface area (Å²) in [4.78, 5) is 13.1. The van der Waals surface area contributed by atoms with Gasteiger partial charge >= 0.3 is 5.97 Å². The van der Waals surface area contributed by atoms with E-state index < -0.39 is 5.97 Å². The summed E-state index contributed by atoms with van der Waals surface area (Å²) in [5, 5.41) is 12.0. The van der Waals surface area contributed by atoms with Crippen molar-refractivity contribution in [1.82, 2.24) is 10.2 Å². The Kier molecular flexibility index (Phi) is 4.36. The molecule has 120 valence electrons. The van der Waals surface area contributed by atoms with E-state index in [1.807, 2.05) is 0 Å². The number of aliphatic carboxylic acids is 1. The monoisotopic (exact) mass is 304 g/mol. The standard InChI is InChI=1S/C17H24N2O3/c1-17(18-11-16(20)21)6-8-19(12-17)7-4-13-2-3-15-14(10-13)5-9-22-15/h2-3,10,18H,4-9,11-12H2,1H3,(H,20,21). The Labute approximate surface area is 131 Å². The molecule has 2 aliphatic heterocycles. The maximum atomic E-state index is 10.7. The zero-order valence-corrected chi connectivity index (χ0v) is 13.1. The fourth-order valence-corrected chi connectivity index (χ4v) is 3.36. The van der Waals surface area contributed by atoms with Crippen molar-refractivity contribution in [2.24, 2.45) is 0 Å². The molecule has 1 aromatic rings. The quantitative estimate of drug-likeness (QED) is 0.829. The van der Waals surface area contributed by atoms with Gasteiger partial charge in [-0.15, -0.1) is 0 Å². The number of carboxylic acid groups (broad SMARTS) is 1. The van der Waals surface area contributed by atoms with Gasteiger partial charge in [-0.25, -0.2) is 0 Å². The Morgan fingerprint density at radius 2 is 2.36 bits per heavy atom.